The maximum Gasteiger partial charge on any atom is 0.148 e. The first kappa shape index (κ1) is 10.9. The number of hydrogen-bond donors (Lipinski definition) is 2. The maximum atomic E-state index is 5.79. The molecule has 3 N–H and O–H groups in total. The normalized spacial score (nSPS) is 12.5. The van der Waals surface area contributed by atoms with Gasteiger partial charge in [-0.15, -0.1) is 5.10 Å². The van der Waals surface area contributed by atoms with Crippen molar-refractivity contribution in [2.24, 2.45) is 5.73 Å². The molecule has 0 spiro atoms. The van der Waals surface area contributed by atoms with Gasteiger partial charge in [-0.25, -0.2) is 0 Å². The number of rotatable bonds is 5. The van der Waals surface area contributed by atoms with Crippen molar-refractivity contribution >= 4 is 5.82 Å². The van der Waals surface area contributed by atoms with Gasteiger partial charge < -0.3 is 11.1 Å². The van der Waals surface area contributed by atoms with Gasteiger partial charge in [0.1, 0.15) is 5.82 Å². The lowest BCUT2D eigenvalue weighted by Crippen LogP contribution is -2.22. The highest BCUT2D eigenvalue weighted by Gasteiger charge is 1.98. The third-order valence-electron chi connectivity index (χ3n) is 2.14. The maximum absolute atomic E-state index is 5.79. The van der Waals surface area contributed by atoms with Crippen LogP contribution in [0.5, 0.6) is 0 Å². The zero-order valence-electron chi connectivity index (χ0n) is 8.83. The summed E-state index contributed by atoms with van der Waals surface area (Å²) >= 11 is 0. The van der Waals surface area contributed by atoms with Crippen LogP contribution in [-0.2, 0) is 0 Å². The first-order chi connectivity index (χ1) is 6.72. The SMILES string of the molecule is CCC(N)CCNc1ccc(C)nn1. The molecule has 0 saturated heterocycles. The molecule has 1 aromatic heterocycles. The third kappa shape index (κ3) is 3.70. The van der Waals surface area contributed by atoms with Gasteiger partial charge in [-0.05, 0) is 31.9 Å². The van der Waals surface area contributed by atoms with Crippen molar-refractivity contribution in [3.63, 3.8) is 0 Å². The summed E-state index contributed by atoms with van der Waals surface area (Å²) in [5.74, 6) is 0.818. The molecular formula is C10H18N4. The summed E-state index contributed by atoms with van der Waals surface area (Å²) in [5.41, 5.74) is 6.72. The summed E-state index contributed by atoms with van der Waals surface area (Å²) in [4.78, 5) is 0. The van der Waals surface area contributed by atoms with Crippen LogP contribution < -0.4 is 11.1 Å². The Kier molecular flexibility index (Phi) is 4.32. The standard InChI is InChI=1S/C10H18N4/c1-3-9(11)6-7-12-10-5-4-8(2)13-14-10/h4-5,9H,3,6-7,11H2,1-2H3,(H,12,14). The monoisotopic (exact) mass is 194 g/mol. The summed E-state index contributed by atoms with van der Waals surface area (Å²) < 4.78 is 0. The van der Waals surface area contributed by atoms with E-state index in [1.54, 1.807) is 0 Å². The molecule has 78 valence electrons. The van der Waals surface area contributed by atoms with E-state index in [0.29, 0.717) is 0 Å². The van der Waals surface area contributed by atoms with Gasteiger partial charge in [-0.2, -0.15) is 5.10 Å². The minimum atomic E-state index is 0.279. The van der Waals surface area contributed by atoms with Crippen molar-refractivity contribution < 1.29 is 0 Å². The number of nitrogens with two attached hydrogens (primary N) is 1. The van der Waals surface area contributed by atoms with Gasteiger partial charge in [0.2, 0.25) is 0 Å². The summed E-state index contributed by atoms with van der Waals surface area (Å²) in [7, 11) is 0. The minimum absolute atomic E-state index is 0.279. The van der Waals surface area contributed by atoms with Crippen LogP contribution in [0.15, 0.2) is 12.1 Å². The molecular weight excluding hydrogens is 176 g/mol. The van der Waals surface area contributed by atoms with E-state index in [1.807, 2.05) is 19.1 Å². The van der Waals surface area contributed by atoms with Crippen molar-refractivity contribution in [2.45, 2.75) is 32.7 Å². The van der Waals surface area contributed by atoms with Crippen LogP contribution in [0, 0.1) is 6.92 Å². The van der Waals surface area contributed by atoms with Gasteiger partial charge in [0.05, 0.1) is 5.69 Å². The fourth-order valence-corrected chi connectivity index (χ4v) is 1.08. The molecule has 0 fully saturated rings. The Bertz CT molecular complexity index is 257. The Morgan fingerprint density at radius 3 is 2.79 bits per heavy atom. The molecule has 1 atom stereocenters. The Morgan fingerprint density at radius 2 is 2.21 bits per heavy atom. The second kappa shape index (κ2) is 5.54. The quantitative estimate of drug-likeness (QED) is 0.742. The average Bonchev–Trinajstić information content (AvgIpc) is 2.21. The summed E-state index contributed by atoms with van der Waals surface area (Å²) in [6.07, 6.45) is 1.98. The lowest BCUT2D eigenvalue weighted by molar-refractivity contribution is 0.612. The first-order valence-electron chi connectivity index (χ1n) is 5.02. The molecule has 0 aliphatic rings. The zero-order valence-corrected chi connectivity index (χ0v) is 8.83. The molecule has 1 heterocycles. The van der Waals surface area contributed by atoms with E-state index in [9.17, 15) is 0 Å². The molecule has 0 bridgehead atoms. The van der Waals surface area contributed by atoms with Gasteiger partial charge in [0.15, 0.2) is 0 Å². The van der Waals surface area contributed by atoms with Crippen LogP contribution in [0.1, 0.15) is 25.5 Å². The number of nitrogens with zero attached hydrogens (tertiary/aromatic N) is 2. The smallest absolute Gasteiger partial charge is 0.148 e. The van der Waals surface area contributed by atoms with Crippen LogP contribution >= 0.6 is 0 Å². The lowest BCUT2D eigenvalue weighted by Gasteiger charge is -2.09. The van der Waals surface area contributed by atoms with Gasteiger partial charge in [-0.1, -0.05) is 6.92 Å². The molecule has 1 unspecified atom stereocenters. The highest BCUT2D eigenvalue weighted by atomic mass is 15.2. The molecule has 4 heteroatoms. The number of anilines is 1. The summed E-state index contributed by atoms with van der Waals surface area (Å²) in [6, 6.07) is 4.15. The second-order valence-electron chi connectivity index (χ2n) is 3.44. The largest absolute Gasteiger partial charge is 0.369 e. The average molecular weight is 194 g/mol. The van der Waals surface area contributed by atoms with Gasteiger partial charge in [0, 0.05) is 12.6 Å². The van der Waals surface area contributed by atoms with Crippen molar-refractivity contribution in [3.05, 3.63) is 17.8 Å². The van der Waals surface area contributed by atoms with E-state index in [0.717, 1.165) is 30.9 Å². The third-order valence-corrected chi connectivity index (χ3v) is 2.14. The number of nitrogens with one attached hydrogen (secondary N) is 1. The Labute approximate surface area is 84.9 Å². The van der Waals surface area contributed by atoms with E-state index in [1.165, 1.54) is 0 Å². The number of aryl methyl sites for hydroxylation is 1. The van der Waals surface area contributed by atoms with E-state index in [2.05, 4.69) is 22.4 Å². The van der Waals surface area contributed by atoms with E-state index in [4.69, 9.17) is 5.73 Å². The zero-order chi connectivity index (χ0) is 10.4. The predicted molar refractivity (Wildman–Crippen MR) is 58.1 cm³/mol. The second-order valence-corrected chi connectivity index (χ2v) is 3.44. The van der Waals surface area contributed by atoms with Crippen molar-refractivity contribution in [1.29, 1.82) is 0 Å². The van der Waals surface area contributed by atoms with Crippen LogP contribution in [-0.4, -0.2) is 22.8 Å². The number of aromatic nitrogens is 2. The van der Waals surface area contributed by atoms with E-state index < -0.39 is 0 Å². The highest BCUT2D eigenvalue weighted by molar-refractivity contribution is 5.32. The van der Waals surface area contributed by atoms with Crippen LogP contribution in [0.25, 0.3) is 0 Å². The van der Waals surface area contributed by atoms with Crippen LogP contribution in [0.3, 0.4) is 0 Å². The topological polar surface area (TPSA) is 63.8 Å². The predicted octanol–water partition coefficient (Wildman–Crippen LogP) is 1.32. The van der Waals surface area contributed by atoms with Crippen LogP contribution in [0.4, 0.5) is 5.82 Å². The Morgan fingerprint density at radius 1 is 1.43 bits per heavy atom. The molecule has 0 radical (unpaired) electrons. The lowest BCUT2D eigenvalue weighted by atomic mass is 10.2. The molecule has 1 rings (SSSR count). The van der Waals surface area contributed by atoms with Gasteiger partial charge >= 0.3 is 0 Å². The van der Waals surface area contributed by atoms with Gasteiger partial charge in [-0.3, -0.25) is 0 Å². The van der Waals surface area contributed by atoms with Crippen LogP contribution in [0.2, 0.25) is 0 Å². The van der Waals surface area contributed by atoms with E-state index >= 15 is 0 Å². The molecule has 0 aliphatic heterocycles. The molecule has 0 aromatic carbocycles. The fraction of sp³-hybridized carbons (Fsp3) is 0.600. The Balaban J connectivity index is 2.28. The summed E-state index contributed by atoms with van der Waals surface area (Å²) in [6.45, 7) is 4.87. The molecule has 1 aromatic rings. The minimum Gasteiger partial charge on any atom is -0.369 e. The van der Waals surface area contributed by atoms with Gasteiger partial charge in [0.25, 0.3) is 0 Å². The fourth-order valence-electron chi connectivity index (χ4n) is 1.08. The molecule has 0 aliphatic carbocycles. The van der Waals surface area contributed by atoms with Crippen molar-refractivity contribution in [3.8, 4) is 0 Å². The van der Waals surface area contributed by atoms with Crippen molar-refractivity contribution in [1.82, 2.24) is 10.2 Å². The molecule has 0 saturated carbocycles. The van der Waals surface area contributed by atoms with Crippen molar-refractivity contribution in [2.75, 3.05) is 11.9 Å². The number of hydrogen-bond acceptors (Lipinski definition) is 4. The summed E-state index contributed by atoms with van der Waals surface area (Å²) in [5, 5.41) is 11.1. The molecule has 4 nitrogen and oxygen atoms in total. The highest BCUT2D eigenvalue weighted by Crippen LogP contribution is 2.01. The molecule has 0 amide bonds. The molecule has 14 heavy (non-hydrogen) atoms. The van der Waals surface area contributed by atoms with E-state index in [-0.39, 0.29) is 6.04 Å². The Hall–Kier alpha value is -1.16. The first-order valence-corrected chi connectivity index (χ1v) is 5.02.